The average molecular weight is 240 g/mol. The van der Waals surface area contributed by atoms with Crippen LogP contribution in [-0.2, 0) is 4.74 Å². The number of nitrogen functional groups attached to an aromatic ring is 1. The lowest BCUT2D eigenvalue weighted by atomic mass is 10.2. The molecule has 0 aromatic carbocycles. The molecule has 0 amide bonds. The zero-order valence-corrected chi connectivity index (χ0v) is 9.54. The van der Waals surface area contributed by atoms with Crippen molar-refractivity contribution in [3.8, 4) is 0 Å². The van der Waals surface area contributed by atoms with Gasteiger partial charge < -0.3 is 25.3 Å². The summed E-state index contributed by atoms with van der Waals surface area (Å²) in [6, 6.07) is 1.33. The number of anilines is 1. The fourth-order valence-electron chi connectivity index (χ4n) is 1.97. The number of aliphatic hydroxyl groups excluding tert-OH is 2. The van der Waals surface area contributed by atoms with E-state index in [1.54, 1.807) is 17.7 Å². The molecule has 1 aromatic heterocycles. The highest BCUT2D eigenvalue weighted by molar-refractivity contribution is 5.32. The van der Waals surface area contributed by atoms with Crippen LogP contribution in [0.1, 0.15) is 18.2 Å². The predicted octanol–water partition coefficient (Wildman–Crippen LogP) is -0.620. The Kier molecular flexibility index (Phi) is 3.19. The fraction of sp³-hybridized carbons (Fsp3) is 0.545. The van der Waals surface area contributed by atoms with Crippen LogP contribution < -0.4 is 11.2 Å². The molecule has 6 heteroatoms. The number of nitrogens with zero attached hydrogens (tertiary/aromatic N) is 1. The van der Waals surface area contributed by atoms with Crippen LogP contribution >= 0.6 is 0 Å². The monoisotopic (exact) mass is 240 g/mol. The zero-order valence-electron chi connectivity index (χ0n) is 9.54. The Morgan fingerprint density at radius 1 is 1.65 bits per heavy atom. The third-order valence-corrected chi connectivity index (χ3v) is 2.99. The standard InChI is InChI=1S/C11H16N2O4/c1-6-4-13(10(12)2-7(6)15)11-3-8(16)9(5-14)17-11/h2,4,8-9,11,14,16H,3,5,12H2,1H3/t8?,9-,11-/m1/s1. The molecule has 0 radical (unpaired) electrons. The van der Waals surface area contributed by atoms with Crippen LogP contribution in [-0.4, -0.2) is 33.6 Å². The molecule has 1 aromatic rings. The molecular formula is C11H16N2O4. The molecule has 94 valence electrons. The SMILES string of the molecule is Cc1cn([C@H]2CC(O)[C@@H](CO)O2)c(N)cc1=O. The van der Waals surface area contributed by atoms with E-state index in [0.717, 1.165) is 0 Å². The number of pyridine rings is 1. The van der Waals surface area contributed by atoms with Gasteiger partial charge in [0.2, 0.25) is 0 Å². The Bertz CT molecular complexity index is 471. The molecule has 2 rings (SSSR count). The second-order valence-electron chi connectivity index (χ2n) is 4.27. The maximum atomic E-state index is 11.4. The van der Waals surface area contributed by atoms with Crippen LogP contribution in [0.15, 0.2) is 17.1 Å². The van der Waals surface area contributed by atoms with Crippen molar-refractivity contribution in [2.24, 2.45) is 0 Å². The Morgan fingerprint density at radius 2 is 2.35 bits per heavy atom. The lowest BCUT2D eigenvalue weighted by Gasteiger charge is -2.18. The van der Waals surface area contributed by atoms with Crippen molar-refractivity contribution < 1.29 is 14.9 Å². The minimum absolute atomic E-state index is 0.129. The molecule has 1 saturated heterocycles. The molecule has 1 unspecified atom stereocenters. The van der Waals surface area contributed by atoms with Gasteiger partial charge in [-0.15, -0.1) is 0 Å². The van der Waals surface area contributed by atoms with E-state index in [9.17, 15) is 9.90 Å². The second-order valence-corrected chi connectivity index (χ2v) is 4.27. The number of aryl methyl sites for hydroxylation is 1. The molecule has 0 saturated carbocycles. The Balaban J connectivity index is 2.30. The van der Waals surface area contributed by atoms with Gasteiger partial charge in [0.05, 0.1) is 12.7 Å². The van der Waals surface area contributed by atoms with Gasteiger partial charge in [0.1, 0.15) is 18.1 Å². The van der Waals surface area contributed by atoms with Crippen LogP contribution in [0.2, 0.25) is 0 Å². The van der Waals surface area contributed by atoms with Crippen LogP contribution in [0.5, 0.6) is 0 Å². The summed E-state index contributed by atoms with van der Waals surface area (Å²) in [5, 5.41) is 18.6. The Hall–Kier alpha value is -1.37. The summed E-state index contributed by atoms with van der Waals surface area (Å²) in [6.45, 7) is 1.45. The van der Waals surface area contributed by atoms with E-state index in [2.05, 4.69) is 0 Å². The van der Waals surface area contributed by atoms with Gasteiger partial charge >= 0.3 is 0 Å². The van der Waals surface area contributed by atoms with Crippen molar-refractivity contribution in [1.29, 1.82) is 0 Å². The number of hydrogen-bond donors (Lipinski definition) is 3. The van der Waals surface area contributed by atoms with Crippen molar-refractivity contribution in [3.05, 3.63) is 28.0 Å². The highest BCUT2D eigenvalue weighted by atomic mass is 16.5. The molecule has 0 spiro atoms. The number of aromatic nitrogens is 1. The first-order chi connectivity index (χ1) is 8.02. The lowest BCUT2D eigenvalue weighted by Crippen LogP contribution is -2.24. The molecule has 3 atom stereocenters. The number of hydrogen-bond acceptors (Lipinski definition) is 5. The van der Waals surface area contributed by atoms with Crippen molar-refractivity contribution in [2.45, 2.75) is 31.8 Å². The molecule has 1 aliphatic heterocycles. The zero-order chi connectivity index (χ0) is 12.6. The first-order valence-electron chi connectivity index (χ1n) is 5.45. The van der Waals surface area contributed by atoms with Crippen molar-refractivity contribution >= 4 is 5.82 Å². The van der Waals surface area contributed by atoms with Crippen molar-refractivity contribution in [1.82, 2.24) is 4.57 Å². The first-order valence-corrected chi connectivity index (χ1v) is 5.45. The lowest BCUT2D eigenvalue weighted by molar-refractivity contribution is -0.0438. The fourth-order valence-corrected chi connectivity index (χ4v) is 1.97. The summed E-state index contributed by atoms with van der Waals surface area (Å²) in [7, 11) is 0. The summed E-state index contributed by atoms with van der Waals surface area (Å²) in [5.74, 6) is 0.288. The third-order valence-electron chi connectivity index (χ3n) is 2.99. The molecule has 2 heterocycles. The Labute approximate surface area is 98.2 Å². The van der Waals surface area contributed by atoms with Crippen molar-refractivity contribution in [3.63, 3.8) is 0 Å². The minimum Gasteiger partial charge on any atom is -0.394 e. The Morgan fingerprint density at radius 3 is 2.94 bits per heavy atom. The molecular weight excluding hydrogens is 224 g/mol. The highest BCUT2D eigenvalue weighted by Gasteiger charge is 2.34. The van der Waals surface area contributed by atoms with Gasteiger partial charge in [-0.1, -0.05) is 0 Å². The normalized spacial score (nSPS) is 28.5. The summed E-state index contributed by atoms with van der Waals surface area (Å²) in [5.41, 5.74) is 6.17. The maximum absolute atomic E-state index is 11.4. The third kappa shape index (κ3) is 2.19. The number of rotatable bonds is 2. The topological polar surface area (TPSA) is 97.7 Å². The summed E-state index contributed by atoms with van der Waals surface area (Å²) in [4.78, 5) is 11.4. The summed E-state index contributed by atoms with van der Waals surface area (Å²) < 4.78 is 7.07. The van der Waals surface area contributed by atoms with E-state index in [0.29, 0.717) is 12.0 Å². The number of aliphatic hydroxyl groups is 2. The van der Waals surface area contributed by atoms with E-state index in [4.69, 9.17) is 15.6 Å². The second kappa shape index (κ2) is 4.48. The summed E-state index contributed by atoms with van der Waals surface area (Å²) in [6.07, 6.45) is 0.191. The van der Waals surface area contributed by atoms with Gasteiger partial charge in [0.25, 0.3) is 0 Å². The van der Waals surface area contributed by atoms with E-state index >= 15 is 0 Å². The molecule has 0 bridgehead atoms. The van der Waals surface area contributed by atoms with Gasteiger partial charge in [-0.2, -0.15) is 0 Å². The van der Waals surface area contributed by atoms with Crippen LogP contribution in [0.3, 0.4) is 0 Å². The molecule has 6 nitrogen and oxygen atoms in total. The summed E-state index contributed by atoms with van der Waals surface area (Å²) >= 11 is 0. The molecule has 1 fully saturated rings. The van der Waals surface area contributed by atoms with E-state index in [-0.39, 0.29) is 17.9 Å². The number of nitrogens with two attached hydrogens (primary N) is 1. The van der Waals surface area contributed by atoms with Crippen LogP contribution in [0.25, 0.3) is 0 Å². The van der Waals surface area contributed by atoms with Crippen molar-refractivity contribution in [2.75, 3.05) is 12.3 Å². The van der Waals surface area contributed by atoms with E-state index in [1.807, 2.05) is 0 Å². The smallest absolute Gasteiger partial charge is 0.186 e. The van der Waals surface area contributed by atoms with Gasteiger partial charge in [-0.05, 0) is 6.92 Å². The predicted molar refractivity (Wildman–Crippen MR) is 61.5 cm³/mol. The molecule has 4 N–H and O–H groups in total. The molecule has 17 heavy (non-hydrogen) atoms. The quantitative estimate of drug-likeness (QED) is 0.640. The minimum atomic E-state index is -0.718. The molecule has 0 aliphatic carbocycles. The van der Waals surface area contributed by atoms with E-state index in [1.165, 1.54) is 6.07 Å². The van der Waals surface area contributed by atoms with Crippen LogP contribution in [0.4, 0.5) is 5.82 Å². The van der Waals surface area contributed by atoms with Gasteiger partial charge in [0, 0.05) is 24.2 Å². The highest BCUT2D eigenvalue weighted by Crippen LogP contribution is 2.29. The number of ether oxygens (including phenoxy) is 1. The first kappa shape index (κ1) is 12.1. The largest absolute Gasteiger partial charge is 0.394 e. The van der Waals surface area contributed by atoms with Crippen LogP contribution in [0, 0.1) is 6.92 Å². The molecule has 1 aliphatic rings. The van der Waals surface area contributed by atoms with Gasteiger partial charge in [0.15, 0.2) is 5.43 Å². The van der Waals surface area contributed by atoms with Gasteiger partial charge in [-0.3, -0.25) is 4.79 Å². The van der Waals surface area contributed by atoms with Gasteiger partial charge in [-0.25, -0.2) is 0 Å². The maximum Gasteiger partial charge on any atom is 0.186 e. The van der Waals surface area contributed by atoms with E-state index < -0.39 is 18.4 Å². The average Bonchev–Trinajstić information content (AvgIpc) is 2.65.